The molecule has 0 aliphatic heterocycles. The molecule has 3 amide bonds. The molecule has 0 bridgehead atoms. The van der Waals surface area contributed by atoms with Crippen LogP contribution in [0, 0.1) is 6.92 Å². The molecule has 2 rings (SSSR count). The summed E-state index contributed by atoms with van der Waals surface area (Å²) in [5.41, 5.74) is 6.49. The number of carboxylic acids is 1. The fourth-order valence-corrected chi connectivity index (χ4v) is 3.76. The zero-order valence-electron chi connectivity index (χ0n) is 20.8. The summed E-state index contributed by atoms with van der Waals surface area (Å²) < 4.78 is 5.31. The average molecular weight is 519 g/mol. The lowest BCUT2D eigenvalue weighted by molar-refractivity contribution is -0.137. The Kier molecular flexibility index (Phi) is 11.6. The molecule has 1 aromatic heterocycles. The molecular formula is C25H34N4O8. The number of aliphatic hydroxyl groups is 1. The summed E-state index contributed by atoms with van der Waals surface area (Å²) in [6.07, 6.45) is 1.49. The minimum atomic E-state index is -1.06. The van der Waals surface area contributed by atoms with Gasteiger partial charge in [-0.15, -0.1) is 0 Å². The molecule has 2 aromatic rings. The van der Waals surface area contributed by atoms with E-state index >= 15 is 0 Å². The first-order valence-electron chi connectivity index (χ1n) is 12.1. The number of benzene rings is 1. The highest BCUT2D eigenvalue weighted by Crippen LogP contribution is 2.22. The number of hydrogen-bond acceptors (Lipinski definition) is 8. The highest BCUT2D eigenvalue weighted by molar-refractivity contribution is 5.90. The van der Waals surface area contributed by atoms with E-state index in [0.717, 1.165) is 0 Å². The molecule has 1 aromatic carbocycles. The normalized spacial score (nSPS) is 11.6. The van der Waals surface area contributed by atoms with Gasteiger partial charge in [0.15, 0.2) is 0 Å². The number of nitrogen functional groups attached to an aromatic ring is 1. The number of carbonyl (C=O) groups is 4. The summed E-state index contributed by atoms with van der Waals surface area (Å²) in [5.74, 6) is -2.36. The number of amides is 3. The summed E-state index contributed by atoms with van der Waals surface area (Å²) in [5, 5.41) is 26.0. The summed E-state index contributed by atoms with van der Waals surface area (Å²) in [4.78, 5) is 60.5. The molecule has 7 N–H and O–H groups in total. The monoisotopic (exact) mass is 518 g/mol. The van der Waals surface area contributed by atoms with Crippen LogP contribution in [0.5, 0.6) is 0 Å². The fourth-order valence-electron chi connectivity index (χ4n) is 3.76. The van der Waals surface area contributed by atoms with E-state index in [4.69, 9.17) is 20.4 Å². The van der Waals surface area contributed by atoms with Crippen LogP contribution in [0.1, 0.15) is 49.7 Å². The van der Waals surface area contributed by atoms with E-state index in [9.17, 15) is 24.0 Å². The average Bonchev–Trinajstić information content (AvgIpc) is 2.84. The number of carboxylic acid groups (broad SMARTS) is 1. The van der Waals surface area contributed by atoms with Crippen LogP contribution in [-0.2, 0) is 25.6 Å². The lowest BCUT2D eigenvalue weighted by atomic mass is 10.0. The molecule has 37 heavy (non-hydrogen) atoms. The number of unbranched alkanes of at least 4 members (excludes halogenated alkanes) is 2. The number of hydrogen-bond donors (Lipinski definition) is 6. The first-order valence-corrected chi connectivity index (χ1v) is 12.1. The van der Waals surface area contributed by atoms with Gasteiger partial charge >= 0.3 is 11.6 Å². The van der Waals surface area contributed by atoms with E-state index < -0.39 is 29.5 Å². The predicted octanol–water partition coefficient (Wildman–Crippen LogP) is 0.361. The lowest BCUT2D eigenvalue weighted by Gasteiger charge is -2.18. The van der Waals surface area contributed by atoms with Crippen LogP contribution in [0.4, 0.5) is 5.69 Å². The minimum absolute atomic E-state index is 0.00155. The fraction of sp³-hybridized carbons (Fsp3) is 0.480. The molecule has 1 unspecified atom stereocenters. The van der Waals surface area contributed by atoms with Crippen molar-refractivity contribution in [3.63, 3.8) is 0 Å². The van der Waals surface area contributed by atoms with Crippen LogP contribution in [-0.4, -0.2) is 59.6 Å². The van der Waals surface area contributed by atoms with Crippen LogP contribution < -0.4 is 27.3 Å². The van der Waals surface area contributed by atoms with Crippen molar-refractivity contribution >= 4 is 40.3 Å². The van der Waals surface area contributed by atoms with Gasteiger partial charge in [-0.25, -0.2) is 4.79 Å². The van der Waals surface area contributed by atoms with Gasteiger partial charge in [-0.2, -0.15) is 0 Å². The Labute approximate surface area is 213 Å². The van der Waals surface area contributed by atoms with Gasteiger partial charge in [0.1, 0.15) is 11.6 Å². The molecule has 12 nitrogen and oxygen atoms in total. The van der Waals surface area contributed by atoms with Gasteiger partial charge in [0.25, 0.3) is 0 Å². The summed E-state index contributed by atoms with van der Waals surface area (Å²) in [7, 11) is 0. The smallest absolute Gasteiger partial charge is 0.340 e. The van der Waals surface area contributed by atoms with Gasteiger partial charge < -0.3 is 36.3 Å². The van der Waals surface area contributed by atoms with Gasteiger partial charge in [-0.1, -0.05) is 6.42 Å². The van der Waals surface area contributed by atoms with Crippen LogP contribution in [0.15, 0.2) is 27.4 Å². The van der Waals surface area contributed by atoms with Gasteiger partial charge in [0.05, 0.1) is 18.6 Å². The van der Waals surface area contributed by atoms with Crippen LogP contribution in [0.25, 0.3) is 11.0 Å². The third-order valence-electron chi connectivity index (χ3n) is 5.76. The van der Waals surface area contributed by atoms with Crippen molar-refractivity contribution in [1.82, 2.24) is 16.0 Å². The number of nitrogens with two attached hydrogens (primary N) is 1. The van der Waals surface area contributed by atoms with E-state index in [2.05, 4.69) is 16.0 Å². The number of fused-ring (bicyclic) bond motifs is 1. The van der Waals surface area contributed by atoms with E-state index in [1.54, 1.807) is 19.1 Å². The van der Waals surface area contributed by atoms with Gasteiger partial charge in [0.2, 0.25) is 17.7 Å². The molecule has 0 saturated heterocycles. The molecule has 1 heterocycles. The Hall–Kier alpha value is -3.93. The van der Waals surface area contributed by atoms with Gasteiger partial charge in [-0.05, 0) is 43.9 Å². The van der Waals surface area contributed by atoms with Crippen molar-refractivity contribution in [1.29, 1.82) is 0 Å². The zero-order valence-corrected chi connectivity index (χ0v) is 20.8. The summed E-state index contributed by atoms with van der Waals surface area (Å²) in [6, 6.07) is 3.81. The van der Waals surface area contributed by atoms with Gasteiger partial charge in [0, 0.05) is 43.1 Å². The number of anilines is 1. The number of rotatable bonds is 15. The Balaban J connectivity index is 1.98. The molecule has 0 spiro atoms. The van der Waals surface area contributed by atoms with Crippen LogP contribution in [0.3, 0.4) is 0 Å². The zero-order chi connectivity index (χ0) is 27.4. The van der Waals surface area contributed by atoms with Gasteiger partial charge in [-0.3, -0.25) is 19.2 Å². The number of carbonyl (C=O) groups excluding carboxylic acids is 3. The summed E-state index contributed by atoms with van der Waals surface area (Å²) in [6.45, 7) is 1.74. The van der Waals surface area contributed by atoms with Crippen LogP contribution >= 0.6 is 0 Å². The van der Waals surface area contributed by atoms with E-state index in [-0.39, 0.29) is 50.3 Å². The molecule has 12 heteroatoms. The maximum Gasteiger partial charge on any atom is 0.340 e. The van der Waals surface area contributed by atoms with E-state index in [0.29, 0.717) is 48.0 Å². The maximum absolute atomic E-state index is 12.8. The standard InChI is InChI=1S/C25H34N4O8/c1-15-17-7-6-16(26)13-20(17)37-25(36)18(15)14-22(32)29-19(24(35)28-11-12-30)8-9-21(31)27-10-4-2-3-5-23(33)34/h6-7,13,19,30H,2-5,8-12,14,26H2,1H3,(H,27,31)(H,28,35)(H,29,32)(H,33,34). The molecule has 0 aliphatic carbocycles. The Morgan fingerprint density at radius 3 is 2.49 bits per heavy atom. The Bertz CT molecular complexity index is 1180. The van der Waals surface area contributed by atoms with E-state index in [1.165, 1.54) is 6.07 Å². The van der Waals surface area contributed by atoms with E-state index in [1.807, 2.05) is 0 Å². The SMILES string of the molecule is Cc1c(CC(=O)NC(CCC(=O)NCCCCCC(=O)O)C(=O)NCCO)c(=O)oc2cc(N)ccc12. The van der Waals surface area contributed by atoms with Crippen molar-refractivity contribution in [2.75, 3.05) is 25.4 Å². The topological polar surface area (TPSA) is 201 Å². The van der Waals surface area contributed by atoms with Crippen molar-refractivity contribution < 1.29 is 33.8 Å². The molecule has 0 fully saturated rings. The van der Waals surface area contributed by atoms with Crippen molar-refractivity contribution in [2.24, 2.45) is 0 Å². The molecule has 1 atom stereocenters. The second-order valence-corrected chi connectivity index (χ2v) is 8.65. The van der Waals surface area contributed by atoms with Crippen molar-refractivity contribution in [2.45, 2.75) is 57.9 Å². The molecular weight excluding hydrogens is 484 g/mol. The number of aryl methyl sites for hydroxylation is 1. The number of aliphatic hydroxyl groups excluding tert-OH is 1. The Morgan fingerprint density at radius 1 is 1.03 bits per heavy atom. The largest absolute Gasteiger partial charge is 0.481 e. The highest BCUT2D eigenvalue weighted by atomic mass is 16.4. The maximum atomic E-state index is 12.8. The molecule has 202 valence electrons. The number of nitrogens with one attached hydrogen (secondary N) is 3. The minimum Gasteiger partial charge on any atom is -0.481 e. The molecule has 0 aliphatic rings. The lowest BCUT2D eigenvalue weighted by Crippen LogP contribution is -2.48. The third kappa shape index (κ3) is 9.56. The molecule has 0 radical (unpaired) electrons. The highest BCUT2D eigenvalue weighted by Gasteiger charge is 2.23. The first-order chi connectivity index (χ1) is 17.6. The first kappa shape index (κ1) is 29.3. The number of aliphatic carboxylic acids is 1. The van der Waals surface area contributed by atoms with Crippen molar-refractivity contribution in [3.8, 4) is 0 Å². The molecule has 0 saturated carbocycles. The third-order valence-corrected chi connectivity index (χ3v) is 5.76. The summed E-state index contributed by atoms with van der Waals surface area (Å²) >= 11 is 0. The predicted molar refractivity (Wildman–Crippen MR) is 136 cm³/mol. The quantitative estimate of drug-likeness (QED) is 0.109. The van der Waals surface area contributed by atoms with Crippen molar-refractivity contribution in [3.05, 3.63) is 39.7 Å². The second-order valence-electron chi connectivity index (χ2n) is 8.65. The second kappa shape index (κ2) is 14.6. The Morgan fingerprint density at radius 2 is 1.78 bits per heavy atom. The van der Waals surface area contributed by atoms with Crippen LogP contribution in [0.2, 0.25) is 0 Å².